The number of carbonyl (C=O) groups excluding carboxylic acids is 1. The number of carboxylic acid groups (broad SMARTS) is 1. The molecule has 3 heteroatoms. The van der Waals surface area contributed by atoms with Crippen LogP contribution in [0.5, 0.6) is 0 Å². The van der Waals surface area contributed by atoms with E-state index >= 15 is 0 Å². The molecule has 0 radical (unpaired) electrons. The van der Waals surface area contributed by atoms with Crippen molar-refractivity contribution in [3.8, 4) is 0 Å². The first kappa shape index (κ1) is 11.2. The Bertz CT molecular complexity index is 535. The molecular formula is C14H12NO2-. The van der Waals surface area contributed by atoms with E-state index in [2.05, 4.69) is 0 Å². The monoisotopic (exact) mass is 226 g/mol. The second kappa shape index (κ2) is 4.70. The Labute approximate surface area is 99.5 Å². The molecule has 0 saturated carbocycles. The van der Waals surface area contributed by atoms with Crippen LogP contribution in [0.25, 0.3) is 0 Å². The zero-order chi connectivity index (χ0) is 12.3. The third-order valence-electron chi connectivity index (χ3n) is 2.65. The quantitative estimate of drug-likeness (QED) is 0.800. The number of rotatable bonds is 3. The van der Waals surface area contributed by atoms with Crippen LogP contribution >= 0.6 is 0 Å². The Hall–Kier alpha value is -2.29. The molecule has 0 spiro atoms. The highest BCUT2D eigenvalue weighted by molar-refractivity contribution is 5.92. The molecule has 0 saturated heterocycles. The van der Waals surface area contributed by atoms with Gasteiger partial charge in [-0.05, 0) is 17.5 Å². The summed E-state index contributed by atoms with van der Waals surface area (Å²) in [7, 11) is 0. The predicted octanol–water partition coefficient (Wildman–Crippen LogP) is 1.22. The molecule has 2 aromatic carbocycles. The second-order valence-electron chi connectivity index (χ2n) is 3.83. The van der Waals surface area contributed by atoms with Crippen LogP contribution in [0.2, 0.25) is 0 Å². The summed E-state index contributed by atoms with van der Waals surface area (Å²) in [6.07, 6.45) is 0.619. The molecule has 0 aliphatic rings. The maximum atomic E-state index is 10.8. The number of carboxylic acids is 1. The Morgan fingerprint density at radius 3 is 2.41 bits per heavy atom. The van der Waals surface area contributed by atoms with Crippen LogP contribution in [0.15, 0.2) is 48.5 Å². The van der Waals surface area contributed by atoms with E-state index in [0.29, 0.717) is 6.42 Å². The fourth-order valence-corrected chi connectivity index (χ4v) is 1.76. The van der Waals surface area contributed by atoms with Gasteiger partial charge in [0.25, 0.3) is 0 Å². The van der Waals surface area contributed by atoms with Gasteiger partial charge in [-0.1, -0.05) is 48.5 Å². The van der Waals surface area contributed by atoms with E-state index in [1.165, 1.54) is 6.07 Å². The predicted molar refractivity (Wildman–Crippen MR) is 64.4 cm³/mol. The number of anilines is 1. The highest BCUT2D eigenvalue weighted by Gasteiger charge is 2.06. The lowest BCUT2D eigenvalue weighted by atomic mass is 10.0. The van der Waals surface area contributed by atoms with Crippen LogP contribution in [0, 0.1) is 0 Å². The maximum Gasteiger partial charge on any atom is 0.0736 e. The van der Waals surface area contributed by atoms with Crippen LogP contribution in [-0.4, -0.2) is 5.97 Å². The SMILES string of the molecule is Nc1c(Cc2ccccc2)cccc1C(=O)[O-]. The van der Waals surface area contributed by atoms with Crippen LogP contribution in [-0.2, 0) is 6.42 Å². The van der Waals surface area contributed by atoms with Gasteiger partial charge in [-0.25, -0.2) is 0 Å². The molecule has 0 unspecified atom stereocenters. The van der Waals surface area contributed by atoms with E-state index in [1.807, 2.05) is 36.4 Å². The smallest absolute Gasteiger partial charge is 0.0736 e. The summed E-state index contributed by atoms with van der Waals surface area (Å²) in [6.45, 7) is 0. The van der Waals surface area contributed by atoms with Crippen molar-refractivity contribution in [3.63, 3.8) is 0 Å². The summed E-state index contributed by atoms with van der Waals surface area (Å²) in [6, 6.07) is 14.7. The average Bonchev–Trinajstić information content (AvgIpc) is 2.33. The van der Waals surface area contributed by atoms with Crippen molar-refractivity contribution in [1.29, 1.82) is 0 Å². The number of nitrogens with two attached hydrogens (primary N) is 1. The Kier molecular flexibility index (Phi) is 3.10. The van der Waals surface area contributed by atoms with E-state index in [1.54, 1.807) is 6.07 Å². The number of carbonyl (C=O) groups is 1. The molecule has 2 N–H and O–H groups in total. The average molecular weight is 226 g/mol. The topological polar surface area (TPSA) is 66.2 Å². The number of nitrogen functional groups attached to an aromatic ring is 1. The van der Waals surface area contributed by atoms with Crippen molar-refractivity contribution in [1.82, 2.24) is 0 Å². The van der Waals surface area contributed by atoms with E-state index in [4.69, 9.17) is 5.73 Å². The van der Waals surface area contributed by atoms with E-state index in [0.717, 1.165) is 11.1 Å². The van der Waals surface area contributed by atoms with Gasteiger partial charge >= 0.3 is 0 Å². The van der Waals surface area contributed by atoms with Crippen molar-refractivity contribution < 1.29 is 9.90 Å². The number of hydrogen-bond donors (Lipinski definition) is 1. The normalized spacial score (nSPS) is 10.1. The molecule has 86 valence electrons. The molecule has 0 fully saturated rings. The molecule has 0 aliphatic heterocycles. The highest BCUT2D eigenvalue weighted by Crippen LogP contribution is 2.20. The van der Waals surface area contributed by atoms with Gasteiger partial charge in [0, 0.05) is 11.3 Å². The summed E-state index contributed by atoms with van der Waals surface area (Å²) < 4.78 is 0. The van der Waals surface area contributed by atoms with E-state index in [9.17, 15) is 9.90 Å². The number of hydrogen-bond acceptors (Lipinski definition) is 3. The zero-order valence-corrected chi connectivity index (χ0v) is 9.22. The third-order valence-corrected chi connectivity index (χ3v) is 2.65. The molecule has 17 heavy (non-hydrogen) atoms. The van der Waals surface area contributed by atoms with Gasteiger partial charge in [0.05, 0.1) is 5.97 Å². The highest BCUT2D eigenvalue weighted by atomic mass is 16.4. The van der Waals surface area contributed by atoms with Crippen LogP contribution < -0.4 is 10.8 Å². The molecule has 0 atom stereocenters. The molecule has 2 rings (SSSR count). The summed E-state index contributed by atoms with van der Waals surface area (Å²) in [4.78, 5) is 10.8. The molecule has 0 aliphatic carbocycles. The molecule has 0 aromatic heterocycles. The third kappa shape index (κ3) is 2.45. The van der Waals surface area contributed by atoms with E-state index < -0.39 is 5.97 Å². The Balaban J connectivity index is 2.34. The summed E-state index contributed by atoms with van der Waals surface area (Å²) in [5.74, 6) is -1.24. The van der Waals surface area contributed by atoms with Crippen molar-refractivity contribution in [2.24, 2.45) is 0 Å². The fourth-order valence-electron chi connectivity index (χ4n) is 1.76. The van der Waals surface area contributed by atoms with Crippen molar-refractivity contribution >= 4 is 11.7 Å². The molecule has 3 nitrogen and oxygen atoms in total. The lowest BCUT2D eigenvalue weighted by molar-refractivity contribution is -0.254. The van der Waals surface area contributed by atoms with Gasteiger partial charge in [0.2, 0.25) is 0 Å². The fraction of sp³-hybridized carbons (Fsp3) is 0.0714. The number of aromatic carboxylic acids is 1. The second-order valence-corrected chi connectivity index (χ2v) is 3.83. The van der Waals surface area contributed by atoms with Gasteiger partial charge in [0.15, 0.2) is 0 Å². The lowest BCUT2D eigenvalue weighted by Gasteiger charge is -2.11. The molecule has 0 heterocycles. The first-order valence-electron chi connectivity index (χ1n) is 5.31. The van der Waals surface area contributed by atoms with Gasteiger partial charge in [-0.2, -0.15) is 0 Å². The lowest BCUT2D eigenvalue weighted by Crippen LogP contribution is -2.24. The van der Waals surface area contributed by atoms with Crippen LogP contribution in [0.3, 0.4) is 0 Å². The number of para-hydroxylation sites is 1. The summed E-state index contributed by atoms with van der Waals surface area (Å²) >= 11 is 0. The molecule has 2 aromatic rings. The zero-order valence-electron chi connectivity index (χ0n) is 9.22. The Morgan fingerprint density at radius 1 is 1.06 bits per heavy atom. The first-order valence-corrected chi connectivity index (χ1v) is 5.31. The minimum absolute atomic E-state index is 0.0541. The maximum absolute atomic E-state index is 10.8. The standard InChI is InChI=1S/C14H13NO2/c15-13-11(7-4-8-12(13)14(16)17)9-10-5-2-1-3-6-10/h1-8H,9,15H2,(H,16,17)/p-1. The van der Waals surface area contributed by atoms with Gasteiger partial charge < -0.3 is 15.6 Å². The number of benzene rings is 2. The van der Waals surface area contributed by atoms with Crippen LogP contribution in [0.4, 0.5) is 5.69 Å². The van der Waals surface area contributed by atoms with Crippen molar-refractivity contribution in [2.45, 2.75) is 6.42 Å². The van der Waals surface area contributed by atoms with Gasteiger partial charge in [-0.3, -0.25) is 0 Å². The van der Waals surface area contributed by atoms with E-state index in [-0.39, 0.29) is 11.3 Å². The minimum Gasteiger partial charge on any atom is -0.545 e. The van der Waals surface area contributed by atoms with Crippen molar-refractivity contribution in [3.05, 3.63) is 65.2 Å². The summed E-state index contributed by atoms with van der Waals surface area (Å²) in [5.41, 5.74) is 8.05. The van der Waals surface area contributed by atoms with Crippen molar-refractivity contribution in [2.75, 3.05) is 5.73 Å². The minimum atomic E-state index is -1.24. The van der Waals surface area contributed by atoms with Gasteiger partial charge in [0.1, 0.15) is 0 Å². The van der Waals surface area contributed by atoms with Gasteiger partial charge in [-0.15, -0.1) is 0 Å². The first-order chi connectivity index (χ1) is 8.18. The molecular weight excluding hydrogens is 214 g/mol. The Morgan fingerprint density at radius 2 is 1.76 bits per heavy atom. The van der Waals surface area contributed by atoms with Crippen LogP contribution in [0.1, 0.15) is 21.5 Å². The molecule has 0 bridgehead atoms. The largest absolute Gasteiger partial charge is 0.545 e. The summed E-state index contributed by atoms with van der Waals surface area (Å²) in [5, 5.41) is 10.8. The molecule has 0 amide bonds.